The maximum absolute atomic E-state index is 3.47. The molecular weight excluding hydrogens is 460 g/mol. The van der Waals surface area contributed by atoms with Crippen molar-refractivity contribution in [1.82, 2.24) is 0 Å². The SMILES string of the molecule is [c-]1c[n+](-c2cccc(Cc3ccccc3)c2)ccc1-c1cc[n+](-c2cccc(Cc3ccccc3)c2)cc1. The molecule has 182 valence electrons. The lowest BCUT2D eigenvalue weighted by molar-refractivity contribution is -0.596. The predicted octanol–water partition coefficient (Wildman–Crippen LogP) is 6.89. The van der Waals surface area contributed by atoms with Crippen LogP contribution in [0.25, 0.3) is 22.5 Å². The van der Waals surface area contributed by atoms with Gasteiger partial charge < -0.3 is 0 Å². The van der Waals surface area contributed by atoms with Gasteiger partial charge in [-0.2, -0.15) is 14.7 Å². The van der Waals surface area contributed by atoms with Crippen molar-refractivity contribution in [3.63, 3.8) is 0 Å². The van der Waals surface area contributed by atoms with Crippen molar-refractivity contribution in [1.29, 1.82) is 0 Å². The second-order valence-electron chi connectivity index (χ2n) is 9.57. The van der Waals surface area contributed by atoms with E-state index in [0.29, 0.717) is 0 Å². The van der Waals surface area contributed by atoms with E-state index in [2.05, 4.69) is 161 Å². The van der Waals surface area contributed by atoms with Gasteiger partial charge in [-0.25, -0.2) is 0 Å². The van der Waals surface area contributed by atoms with Gasteiger partial charge in [-0.15, -0.1) is 11.6 Å². The number of aromatic nitrogens is 2. The highest BCUT2D eigenvalue weighted by Gasteiger charge is 2.08. The van der Waals surface area contributed by atoms with Gasteiger partial charge in [0.2, 0.25) is 11.4 Å². The molecule has 0 aliphatic carbocycles. The lowest BCUT2D eigenvalue weighted by Gasteiger charge is -2.09. The highest BCUT2D eigenvalue weighted by Crippen LogP contribution is 2.18. The van der Waals surface area contributed by atoms with Crippen molar-refractivity contribution in [2.24, 2.45) is 0 Å². The fourth-order valence-corrected chi connectivity index (χ4v) is 4.82. The summed E-state index contributed by atoms with van der Waals surface area (Å²) in [7, 11) is 0. The molecule has 38 heavy (non-hydrogen) atoms. The van der Waals surface area contributed by atoms with Crippen LogP contribution in [-0.2, 0) is 12.8 Å². The van der Waals surface area contributed by atoms with Crippen LogP contribution in [0.2, 0.25) is 0 Å². The molecule has 0 atom stereocenters. The lowest BCUT2D eigenvalue weighted by atomic mass is 10.0. The van der Waals surface area contributed by atoms with Crippen LogP contribution >= 0.6 is 0 Å². The molecule has 2 aromatic heterocycles. The van der Waals surface area contributed by atoms with Crippen molar-refractivity contribution in [2.45, 2.75) is 12.8 Å². The van der Waals surface area contributed by atoms with Gasteiger partial charge in [0.05, 0.1) is 0 Å². The van der Waals surface area contributed by atoms with Gasteiger partial charge in [-0.05, 0) is 47.2 Å². The molecule has 2 heteroatoms. The molecule has 0 aliphatic heterocycles. The third-order valence-corrected chi connectivity index (χ3v) is 6.82. The minimum Gasteiger partial charge on any atom is -0.191 e. The second-order valence-corrected chi connectivity index (χ2v) is 9.57. The van der Waals surface area contributed by atoms with Gasteiger partial charge >= 0.3 is 0 Å². The average molecular weight is 490 g/mol. The molecule has 0 N–H and O–H groups in total. The zero-order valence-electron chi connectivity index (χ0n) is 21.2. The van der Waals surface area contributed by atoms with E-state index in [9.17, 15) is 0 Å². The molecular formula is C36H29N2+. The Bertz CT molecular complexity index is 1500. The fourth-order valence-electron chi connectivity index (χ4n) is 4.82. The fraction of sp³-hybridized carbons (Fsp3) is 0.0556. The van der Waals surface area contributed by atoms with Crippen LogP contribution in [0, 0.1) is 6.07 Å². The molecule has 0 bridgehead atoms. The Hall–Kier alpha value is -4.82. The molecule has 0 aliphatic rings. The Balaban J connectivity index is 1.17. The van der Waals surface area contributed by atoms with Crippen molar-refractivity contribution < 1.29 is 9.13 Å². The van der Waals surface area contributed by atoms with Gasteiger partial charge in [-0.1, -0.05) is 91.0 Å². The standard InChI is InChI=1S/C36H29N2/c1-3-9-29(10-4-1)25-31-13-7-15-35(27-31)37-21-17-33(18-22-37)34-19-23-38(24-20-34)36-16-8-14-32(28-36)26-30-11-5-2-6-12-30/h1-19,21-24,27-28H,25-26H2/q+1. The quantitative estimate of drug-likeness (QED) is 0.170. The topological polar surface area (TPSA) is 7.76 Å². The minimum atomic E-state index is 0.927. The number of rotatable bonds is 7. The summed E-state index contributed by atoms with van der Waals surface area (Å²) in [6.07, 6.45) is 10.2. The second kappa shape index (κ2) is 11.1. The highest BCUT2D eigenvalue weighted by molar-refractivity contribution is 5.60. The van der Waals surface area contributed by atoms with E-state index in [-0.39, 0.29) is 0 Å². The van der Waals surface area contributed by atoms with E-state index < -0.39 is 0 Å². The molecule has 0 fully saturated rings. The number of hydrogen-bond acceptors (Lipinski definition) is 0. The van der Waals surface area contributed by atoms with Crippen LogP contribution < -0.4 is 9.13 Å². The third kappa shape index (κ3) is 5.61. The Morgan fingerprint density at radius 1 is 0.447 bits per heavy atom. The smallest absolute Gasteiger partial charge is 0.191 e. The van der Waals surface area contributed by atoms with Crippen molar-refractivity contribution in [3.8, 4) is 22.5 Å². The molecule has 0 amide bonds. The maximum atomic E-state index is 3.47. The van der Waals surface area contributed by atoms with Crippen LogP contribution in [0.4, 0.5) is 0 Å². The first kappa shape index (κ1) is 23.6. The molecule has 0 saturated carbocycles. The number of benzene rings is 4. The van der Waals surface area contributed by atoms with Crippen LogP contribution in [0.1, 0.15) is 22.3 Å². The first-order valence-electron chi connectivity index (χ1n) is 13.0. The summed E-state index contributed by atoms with van der Waals surface area (Å²) in [4.78, 5) is 0. The Labute approximate surface area is 224 Å². The van der Waals surface area contributed by atoms with E-state index in [0.717, 1.165) is 35.3 Å². The van der Waals surface area contributed by atoms with Crippen LogP contribution in [-0.4, -0.2) is 0 Å². The average Bonchev–Trinajstić information content (AvgIpc) is 2.99. The minimum absolute atomic E-state index is 0.927. The number of hydrogen-bond donors (Lipinski definition) is 0. The lowest BCUT2D eigenvalue weighted by Crippen LogP contribution is -2.30. The molecule has 0 saturated heterocycles. The van der Waals surface area contributed by atoms with Crippen molar-refractivity contribution in [3.05, 3.63) is 181 Å². The van der Waals surface area contributed by atoms with Crippen molar-refractivity contribution >= 4 is 0 Å². The molecule has 0 radical (unpaired) electrons. The maximum Gasteiger partial charge on any atom is 0.210 e. The number of pyridine rings is 2. The predicted molar refractivity (Wildman–Crippen MR) is 152 cm³/mol. The third-order valence-electron chi connectivity index (χ3n) is 6.82. The van der Waals surface area contributed by atoms with E-state index >= 15 is 0 Å². The van der Waals surface area contributed by atoms with Gasteiger partial charge in [-0.3, -0.25) is 0 Å². The summed E-state index contributed by atoms with van der Waals surface area (Å²) >= 11 is 0. The first-order valence-corrected chi connectivity index (χ1v) is 13.0. The summed E-state index contributed by atoms with van der Waals surface area (Å²) in [5.41, 5.74) is 9.77. The normalized spacial score (nSPS) is 10.8. The zero-order chi connectivity index (χ0) is 25.6. The van der Waals surface area contributed by atoms with E-state index in [4.69, 9.17) is 0 Å². The van der Waals surface area contributed by atoms with Crippen LogP contribution in [0.5, 0.6) is 0 Å². The summed E-state index contributed by atoms with van der Waals surface area (Å²) in [6.45, 7) is 0. The monoisotopic (exact) mass is 489 g/mol. The van der Waals surface area contributed by atoms with Gasteiger partial charge in [0.1, 0.15) is 12.4 Å². The molecule has 2 nitrogen and oxygen atoms in total. The molecule has 6 aromatic rings. The van der Waals surface area contributed by atoms with Gasteiger partial charge in [0.15, 0.2) is 12.4 Å². The van der Waals surface area contributed by atoms with Crippen molar-refractivity contribution in [2.75, 3.05) is 0 Å². The first-order chi connectivity index (χ1) is 18.8. The molecule has 4 aromatic carbocycles. The van der Waals surface area contributed by atoms with Crippen LogP contribution in [0.15, 0.2) is 152 Å². The van der Waals surface area contributed by atoms with E-state index in [1.807, 2.05) is 6.20 Å². The molecule has 0 unspecified atom stereocenters. The summed E-state index contributed by atoms with van der Waals surface area (Å²) in [5, 5.41) is 0. The highest BCUT2D eigenvalue weighted by atomic mass is 14.9. The zero-order valence-corrected chi connectivity index (χ0v) is 21.2. The molecule has 0 spiro atoms. The van der Waals surface area contributed by atoms with E-state index in [1.165, 1.54) is 22.3 Å². The van der Waals surface area contributed by atoms with Gasteiger partial charge in [0.25, 0.3) is 0 Å². The number of nitrogens with zero attached hydrogens (tertiary/aromatic N) is 2. The Morgan fingerprint density at radius 3 is 1.47 bits per heavy atom. The largest absolute Gasteiger partial charge is 0.210 e. The summed E-state index contributed by atoms with van der Waals surface area (Å²) in [6, 6.07) is 48.5. The molecule has 2 heterocycles. The van der Waals surface area contributed by atoms with E-state index in [1.54, 1.807) is 0 Å². The summed E-state index contributed by atoms with van der Waals surface area (Å²) in [5.74, 6) is 0. The van der Waals surface area contributed by atoms with Crippen LogP contribution in [0.3, 0.4) is 0 Å². The Morgan fingerprint density at radius 2 is 0.947 bits per heavy atom. The molecule has 6 rings (SSSR count). The van der Waals surface area contributed by atoms with Gasteiger partial charge in [0, 0.05) is 24.3 Å². The summed E-state index contributed by atoms with van der Waals surface area (Å²) < 4.78 is 4.29. The Kier molecular flexibility index (Phi) is 6.86.